The van der Waals surface area contributed by atoms with Crippen molar-refractivity contribution in [2.75, 3.05) is 13.6 Å². The molecule has 0 aliphatic carbocycles. The van der Waals surface area contributed by atoms with E-state index < -0.39 is 0 Å². The van der Waals surface area contributed by atoms with Crippen molar-refractivity contribution >= 4 is 5.91 Å². The summed E-state index contributed by atoms with van der Waals surface area (Å²) in [6.07, 6.45) is 3.72. The van der Waals surface area contributed by atoms with Gasteiger partial charge in [0.25, 0.3) is 0 Å². The van der Waals surface area contributed by atoms with E-state index in [-0.39, 0.29) is 5.91 Å². The summed E-state index contributed by atoms with van der Waals surface area (Å²) in [6.45, 7) is 1.25. The van der Waals surface area contributed by atoms with Gasteiger partial charge in [0.2, 0.25) is 5.91 Å². The quantitative estimate of drug-likeness (QED) is 0.697. The van der Waals surface area contributed by atoms with Gasteiger partial charge in [0, 0.05) is 25.1 Å². The Bertz CT molecular complexity index is 244. The summed E-state index contributed by atoms with van der Waals surface area (Å²) in [6, 6.07) is 1.83. The predicted molar refractivity (Wildman–Crippen MR) is 49.1 cm³/mol. The Balaban J connectivity index is 2.15. The summed E-state index contributed by atoms with van der Waals surface area (Å²) in [7, 11) is 1.82. The predicted octanol–water partition coefficient (Wildman–Crippen LogP) is 0.505. The summed E-state index contributed by atoms with van der Waals surface area (Å²) < 4.78 is 4.86. The van der Waals surface area contributed by atoms with Crippen LogP contribution in [0.4, 0.5) is 0 Å². The molecule has 0 bridgehead atoms. The maximum absolute atomic E-state index is 11.1. The van der Waals surface area contributed by atoms with Gasteiger partial charge in [-0.15, -0.1) is 0 Å². The van der Waals surface area contributed by atoms with Gasteiger partial charge in [0.15, 0.2) is 0 Å². The van der Waals surface area contributed by atoms with Gasteiger partial charge in [-0.05, 0) is 13.1 Å². The fourth-order valence-electron chi connectivity index (χ4n) is 0.921. The molecule has 1 amide bonds. The number of amides is 1. The van der Waals surface area contributed by atoms with Gasteiger partial charge in [-0.1, -0.05) is 0 Å². The van der Waals surface area contributed by atoms with Gasteiger partial charge in [0.05, 0.1) is 12.5 Å². The van der Waals surface area contributed by atoms with E-state index in [4.69, 9.17) is 4.42 Å². The maximum atomic E-state index is 11.1. The van der Waals surface area contributed by atoms with Crippen LogP contribution in [0.15, 0.2) is 23.0 Å². The Hall–Kier alpha value is -1.29. The van der Waals surface area contributed by atoms with E-state index in [0.29, 0.717) is 19.5 Å². The van der Waals surface area contributed by atoms with E-state index >= 15 is 0 Å². The molecular weight excluding hydrogens is 168 g/mol. The van der Waals surface area contributed by atoms with Gasteiger partial charge in [0.1, 0.15) is 0 Å². The van der Waals surface area contributed by atoms with Crippen LogP contribution in [0.25, 0.3) is 0 Å². The second-order valence-electron chi connectivity index (χ2n) is 2.76. The van der Waals surface area contributed by atoms with E-state index in [1.165, 1.54) is 0 Å². The molecule has 0 aromatic carbocycles. The number of furan rings is 1. The van der Waals surface area contributed by atoms with Gasteiger partial charge in [-0.25, -0.2) is 0 Å². The van der Waals surface area contributed by atoms with Gasteiger partial charge in [-0.3, -0.25) is 4.79 Å². The monoisotopic (exact) mass is 182 g/mol. The summed E-state index contributed by atoms with van der Waals surface area (Å²) in [5, 5.41) is 5.69. The van der Waals surface area contributed by atoms with Crippen molar-refractivity contribution in [2.24, 2.45) is 0 Å². The average molecular weight is 182 g/mol. The third-order valence-corrected chi connectivity index (χ3v) is 1.67. The first-order chi connectivity index (χ1) is 6.33. The molecule has 1 rings (SSSR count). The lowest BCUT2D eigenvalue weighted by Crippen LogP contribution is -2.25. The van der Waals surface area contributed by atoms with Crippen molar-refractivity contribution in [1.82, 2.24) is 10.6 Å². The van der Waals surface area contributed by atoms with Crippen LogP contribution in [0.5, 0.6) is 0 Å². The SMILES string of the molecule is CNCCC(=O)NCc1ccoc1. The Labute approximate surface area is 77.3 Å². The Morgan fingerprint density at radius 1 is 1.62 bits per heavy atom. The molecule has 0 radical (unpaired) electrons. The van der Waals surface area contributed by atoms with Crippen LogP contribution in [0.3, 0.4) is 0 Å². The lowest BCUT2D eigenvalue weighted by atomic mass is 10.3. The minimum Gasteiger partial charge on any atom is -0.472 e. The van der Waals surface area contributed by atoms with Crippen molar-refractivity contribution in [1.29, 1.82) is 0 Å². The highest BCUT2D eigenvalue weighted by molar-refractivity contribution is 5.76. The standard InChI is InChI=1S/C9H14N2O2/c1-10-4-2-9(12)11-6-8-3-5-13-7-8/h3,5,7,10H,2,4,6H2,1H3,(H,11,12). The van der Waals surface area contributed by atoms with Crippen LogP contribution in [0.2, 0.25) is 0 Å². The summed E-state index contributed by atoms with van der Waals surface area (Å²) in [5.41, 5.74) is 0.984. The van der Waals surface area contributed by atoms with Gasteiger partial charge in [-0.2, -0.15) is 0 Å². The molecule has 0 saturated carbocycles. The molecule has 1 aromatic rings. The fourth-order valence-corrected chi connectivity index (χ4v) is 0.921. The Morgan fingerprint density at radius 3 is 3.08 bits per heavy atom. The smallest absolute Gasteiger partial charge is 0.221 e. The third kappa shape index (κ3) is 3.75. The number of carbonyl (C=O) groups excluding carboxylic acids is 1. The maximum Gasteiger partial charge on any atom is 0.221 e. The Kier molecular flexibility index (Phi) is 4.05. The molecule has 0 spiro atoms. The van der Waals surface area contributed by atoms with Gasteiger partial charge < -0.3 is 15.1 Å². The molecule has 0 saturated heterocycles. The lowest BCUT2D eigenvalue weighted by molar-refractivity contribution is -0.121. The molecule has 0 unspecified atom stereocenters. The van der Waals surface area contributed by atoms with E-state index in [0.717, 1.165) is 5.56 Å². The van der Waals surface area contributed by atoms with Crippen LogP contribution in [-0.4, -0.2) is 19.5 Å². The van der Waals surface area contributed by atoms with Crippen LogP contribution < -0.4 is 10.6 Å². The van der Waals surface area contributed by atoms with Crippen molar-refractivity contribution in [3.05, 3.63) is 24.2 Å². The molecule has 4 heteroatoms. The summed E-state index contributed by atoms with van der Waals surface area (Å²) in [4.78, 5) is 11.1. The molecule has 2 N–H and O–H groups in total. The first-order valence-corrected chi connectivity index (χ1v) is 4.25. The molecule has 1 heterocycles. The minimum absolute atomic E-state index is 0.0514. The highest BCUT2D eigenvalue weighted by Gasteiger charge is 2.00. The van der Waals surface area contributed by atoms with Crippen LogP contribution in [-0.2, 0) is 11.3 Å². The van der Waals surface area contributed by atoms with Crippen LogP contribution >= 0.6 is 0 Å². The molecule has 0 aliphatic heterocycles. The Morgan fingerprint density at radius 2 is 2.46 bits per heavy atom. The number of carbonyl (C=O) groups is 1. The second-order valence-corrected chi connectivity index (χ2v) is 2.76. The van der Waals surface area contributed by atoms with E-state index in [1.807, 2.05) is 13.1 Å². The summed E-state index contributed by atoms with van der Waals surface area (Å²) in [5.74, 6) is 0.0514. The van der Waals surface area contributed by atoms with Crippen molar-refractivity contribution < 1.29 is 9.21 Å². The normalized spacial score (nSPS) is 9.92. The first-order valence-electron chi connectivity index (χ1n) is 4.25. The van der Waals surface area contributed by atoms with Crippen molar-refractivity contribution in [3.8, 4) is 0 Å². The number of hydrogen-bond acceptors (Lipinski definition) is 3. The van der Waals surface area contributed by atoms with Crippen molar-refractivity contribution in [3.63, 3.8) is 0 Å². The highest BCUT2D eigenvalue weighted by atomic mass is 16.3. The largest absolute Gasteiger partial charge is 0.472 e. The molecule has 1 aromatic heterocycles. The van der Waals surface area contributed by atoms with E-state index in [9.17, 15) is 4.79 Å². The number of nitrogens with one attached hydrogen (secondary N) is 2. The van der Waals surface area contributed by atoms with Crippen LogP contribution in [0, 0.1) is 0 Å². The average Bonchev–Trinajstić information content (AvgIpc) is 2.64. The minimum atomic E-state index is 0.0514. The lowest BCUT2D eigenvalue weighted by Gasteiger charge is -2.02. The topological polar surface area (TPSA) is 54.3 Å². The molecule has 4 nitrogen and oxygen atoms in total. The molecule has 0 atom stereocenters. The molecule has 72 valence electrons. The number of hydrogen-bond donors (Lipinski definition) is 2. The fraction of sp³-hybridized carbons (Fsp3) is 0.444. The molecule has 0 aliphatic rings. The van der Waals surface area contributed by atoms with Gasteiger partial charge >= 0.3 is 0 Å². The summed E-state index contributed by atoms with van der Waals surface area (Å²) >= 11 is 0. The highest BCUT2D eigenvalue weighted by Crippen LogP contribution is 1.98. The van der Waals surface area contributed by atoms with E-state index in [1.54, 1.807) is 12.5 Å². The van der Waals surface area contributed by atoms with E-state index in [2.05, 4.69) is 10.6 Å². The van der Waals surface area contributed by atoms with Crippen LogP contribution in [0.1, 0.15) is 12.0 Å². The zero-order valence-corrected chi connectivity index (χ0v) is 7.67. The zero-order valence-electron chi connectivity index (χ0n) is 7.67. The number of rotatable bonds is 5. The second kappa shape index (κ2) is 5.37. The zero-order chi connectivity index (χ0) is 9.52. The molecule has 0 fully saturated rings. The van der Waals surface area contributed by atoms with Crippen molar-refractivity contribution in [2.45, 2.75) is 13.0 Å². The molecular formula is C9H14N2O2. The third-order valence-electron chi connectivity index (χ3n) is 1.67. The molecule has 13 heavy (non-hydrogen) atoms. The first kappa shape index (κ1) is 9.80.